The van der Waals surface area contributed by atoms with Gasteiger partial charge in [-0.05, 0) is 12.5 Å². The Labute approximate surface area is 128 Å². The summed E-state index contributed by atoms with van der Waals surface area (Å²) in [5.74, 6) is -1.45. The summed E-state index contributed by atoms with van der Waals surface area (Å²) < 4.78 is 36.8. The van der Waals surface area contributed by atoms with Crippen molar-refractivity contribution in [1.29, 1.82) is 0 Å². The van der Waals surface area contributed by atoms with Gasteiger partial charge in [0.25, 0.3) is 0 Å². The second-order valence-corrected chi connectivity index (χ2v) is 4.52. The standard InChI is InChI=1S/C15H21F2N3O2/c1-3-4-5-20-15(19)14(8-18)22-9-10-6-11(16)12(17)7-13(10)21-2/h6-8H,3-5,9,18H2,1-2H3,(H2,19,20)/b14-8+. The van der Waals surface area contributed by atoms with Crippen LogP contribution in [0.25, 0.3) is 0 Å². The first kappa shape index (κ1) is 17.7. The SMILES string of the molecule is CCCCN=C(N)/C(=C\N)OCc1cc(F)c(F)cc1OC. The lowest BCUT2D eigenvalue weighted by Crippen LogP contribution is -2.19. The molecule has 122 valence electrons. The molecule has 0 radical (unpaired) electrons. The van der Waals surface area contributed by atoms with Crippen LogP contribution in [0.5, 0.6) is 5.75 Å². The zero-order valence-corrected chi connectivity index (χ0v) is 12.7. The molecule has 0 atom stereocenters. The van der Waals surface area contributed by atoms with Gasteiger partial charge in [0.15, 0.2) is 23.2 Å². The van der Waals surface area contributed by atoms with Gasteiger partial charge in [-0.25, -0.2) is 8.78 Å². The number of methoxy groups -OCH3 is 1. The van der Waals surface area contributed by atoms with Crippen LogP contribution < -0.4 is 16.2 Å². The van der Waals surface area contributed by atoms with Crippen LogP contribution in [0, 0.1) is 11.6 Å². The summed E-state index contributed by atoms with van der Waals surface area (Å²) in [6.45, 7) is 2.53. The van der Waals surface area contributed by atoms with Gasteiger partial charge in [-0.2, -0.15) is 0 Å². The molecule has 1 aromatic rings. The summed E-state index contributed by atoms with van der Waals surface area (Å²) in [6, 6.07) is 1.96. The second-order valence-electron chi connectivity index (χ2n) is 4.52. The molecule has 1 rings (SSSR count). The van der Waals surface area contributed by atoms with E-state index in [2.05, 4.69) is 4.99 Å². The number of ether oxygens (including phenoxy) is 2. The molecule has 0 amide bonds. The maximum Gasteiger partial charge on any atom is 0.176 e. The van der Waals surface area contributed by atoms with Crippen LogP contribution in [-0.2, 0) is 11.3 Å². The van der Waals surface area contributed by atoms with Gasteiger partial charge in [0.2, 0.25) is 0 Å². The smallest absolute Gasteiger partial charge is 0.176 e. The number of nitrogens with zero attached hydrogens (tertiary/aromatic N) is 1. The van der Waals surface area contributed by atoms with Gasteiger partial charge in [-0.15, -0.1) is 0 Å². The Bertz CT molecular complexity index is 560. The van der Waals surface area contributed by atoms with E-state index in [1.807, 2.05) is 6.92 Å². The highest BCUT2D eigenvalue weighted by atomic mass is 19.2. The van der Waals surface area contributed by atoms with Crippen LogP contribution in [0.4, 0.5) is 8.78 Å². The molecular weight excluding hydrogens is 292 g/mol. The van der Waals surface area contributed by atoms with Crippen molar-refractivity contribution >= 4 is 5.84 Å². The Balaban J connectivity index is 2.79. The molecule has 0 heterocycles. The van der Waals surface area contributed by atoms with Gasteiger partial charge in [0, 0.05) is 24.4 Å². The molecule has 5 nitrogen and oxygen atoms in total. The zero-order valence-electron chi connectivity index (χ0n) is 12.7. The number of aliphatic imine (C=N–C) groups is 1. The molecule has 0 fully saturated rings. The fourth-order valence-corrected chi connectivity index (χ4v) is 1.67. The van der Waals surface area contributed by atoms with Crippen LogP contribution in [0.3, 0.4) is 0 Å². The predicted molar refractivity (Wildman–Crippen MR) is 81.4 cm³/mol. The molecule has 0 aliphatic carbocycles. The van der Waals surface area contributed by atoms with Crippen LogP contribution in [0.1, 0.15) is 25.3 Å². The number of amidine groups is 1. The van der Waals surface area contributed by atoms with Crippen molar-refractivity contribution in [2.24, 2.45) is 16.5 Å². The van der Waals surface area contributed by atoms with E-state index in [4.69, 9.17) is 20.9 Å². The lowest BCUT2D eigenvalue weighted by molar-refractivity contribution is 0.211. The van der Waals surface area contributed by atoms with Crippen LogP contribution >= 0.6 is 0 Å². The number of unbranched alkanes of at least 4 members (excludes halogenated alkanes) is 1. The zero-order chi connectivity index (χ0) is 16.5. The van der Waals surface area contributed by atoms with E-state index in [9.17, 15) is 8.78 Å². The lowest BCUT2D eigenvalue weighted by Gasteiger charge is -2.12. The Morgan fingerprint density at radius 2 is 2.00 bits per heavy atom. The number of nitrogens with two attached hydrogens (primary N) is 2. The van der Waals surface area contributed by atoms with E-state index in [0.29, 0.717) is 12.1 Å². The van der Waals surface area contributed by atoms with Crippen molar-refractivity contribution in [2.45, 2.75) is 26.4 Å². The third-order valence-electron chi connectivity index (χ3n) is 2.90. The van der Waals surface area contributed by atoms with Crippen molar-refractivity contribution in [1.82, 2.24) is 0 Å². The van der Waals surface area contributed by atoms with Crippen molar-refractivity contribution < 1.29 is 18.3 Å². The number of hydrogen-bond acceptors (Lipinski definition) is 4. The summed E-state index contributed by atoms with van der Waals surface area (Å²) in [5.41, 5.74) is 11.6. The minimum atomic E-state index is -0.990. The fraction of sp³-hybridized carbons (Fsp3) is 0.400. The minimum Gasteiger partial charge on any atom is -0.496 e. The van der Waals surface area contributed by atoms with Crippen molar-refractivity contribution in [2.75, 3.05) is 13.7 Å². The fourth-order valence-electron chi connectivity index (χ4n) is 1.67. The van der Waals surface area contributed by atoms with E-state index in [1.165, 1.54) is 13.3 Å². The first-order chi connectivity index (χ1) is 10.5. The third-order valence-corrected chi connectivity index (χ3v) is 2.90. The van der Waals surface area contributed by atoms with Gasteiger partial charge >= 0.3 is 0 Å². The average Bonchev–Trinajstić information content (AvgIpc) is 2.51. The first-order valence-electron chi connectivity index (χ1n) is 6.90. The third kappa shape index (κ3) is 4.91. The topological polar surface area (TPSA) is 82.9 Å². The minimum absolute atomic E-state index is 0.0760. The van der Waals surface area contributed by atoms with Gasteiger partial charge in [0.1, 0.15) is 12.4 Å². The van der Waals surface area contributed by atoms with Crippen LogP contribution in [0.15, 0.2) is 29.1 Å². The predicted octanol–water partition coefficient (Wildman–Crippen LogP) is 2.45. The van der Waals surface area contributed by atoms with Crippen LogP contribution in [-0.4, -0.2) is 19.5 Å². The molecule has 0 aromatic heterocycles. The number of rotatable bonds is 8. The highest BCUT2D eigenvalue weighted by Gasteiger charge is 2.12. The second kappa shape index (κ2) is 8.86. The summed E-state index contributed by atoms with van der Waals surface area (Å²) in [5, 5.41) is 0. The quantitative estimate of drug-likeness (QED) is 0.334. The molecule has 4 N–H and O–H groups in total. The summed E-state index contributed by atoms with van der Waals surface area (Å²) in [4.78, 5) is 4.13. The lowest BCUT2D eigenvalue weighted by atomic mass is 10.2. The number of hydrogen-bond donors (Lipinski definition) is 2. The molecule has 7 heteroatoms. The van der Waals surface area contributed by atoms with Gasteiger partial charge in [0.05, 0.1) is 7.11 Å². The van der Waals surface area contributed by atoms with Crippen LogP contribution in [0.2, 0.25) is 0 Å². The van der Waals surface area contributed by atoms with Gasteiger partial charge < -0.3 is 20.9 Å². The Morgan fingerprint density at radius 1 is 1.32 bits per heavy atom. The molecule has 0 aliphatic rings. The van der Waals surface area contributed by atoms with Crippen molar-refractivity contribution in [3.63, 3.8) is 0 Å². The molecular formula is C15H21F2N3O2. The number of halogens is 2. The maximum atomic E-state index is 13.3. The van der Waals surface area contributed by atoms with E-state index in [-0.39, 0.29) is 24.0 Å². The highest BCUT2D eigenvalue weighted by molar-refractivity contribution is 5.94. The summed E-state index contributed by atoms with van der Waals surface area (Å²) in [6.07, 6.45) is 3.07. The molecule has 0 aliphatic heterocycles. The molecule has 0 spiro atoms. The first-order valence-corrected chi connectivity index (χ1v) is 6.90. The monoisotopic (exact) mass is 313 g/mol. The van der Waals surface area contributed by atoms with E-state index in [1.54, 1.807) is 0 Å². The Kier molecular flexibility index (Phi) is 7.15. The van der Waals surface area contributed by atoms with Gasteiger partial charge in [-0.3, -0.25) is 4.99 Å². The van der Waals surface area contributed by atoms with E-state index in [0.717, 1.165) is 25.0 Å². The Morgan fingerprint density at radius 3 is 2.59 bits per heavy atom. The summed E-state index contributed by atoms with van der Waals surface area (Å²) in [7, 11) is 1.36. The normalized spacial score (nSPS) is 12.4. The van der Waals surface area contributed by atoms with Crippen molar-refractivity contribution in [3.8, 4) is 5.75 Å². The molecule has 1 aromatic carbocycles. The molecule has 0 unspecified atom stereocenters. The van der Waals surface area contributed by atoms with Crippen molar-refractivity contribution in [3.05, 3.63) is 41.3 Å². The average molecular weight is 313 g/mol. The van der Waals surface area contributed by atoms with E-state index >= 15 is 0 Å². The highest BCUT2D eigenvalue weighted by Crippen LogP contribution is 2.23. The van der Waals surface area contributed by atoms with Gasteiger partial charge in [-0.1, -0.05) is 13.3 Å². The van der Waals surface area contributed by atoms with E-state index < -0.39 is 11.6 Å². The molecule has 0 bridgehead atoms. The maximum absolute atomic E-state index is 13.3. The Hall–Kier alpha value is -2.31. The molecule has 0 saturated carbocycles. The summed E-state index contributed by atoms with van der Waals surface area (Å²) >= 11 is 0. The molecule has 22 heavy (non-hydrogen) atoms. The largest absolute Gasteiger partial charge is 0.496 e. The number of benzene rings is 1. The molecule has 0 saturated heterocycles.